The molecule has 24 heavy (non-hydrogen) atoms. The van der Waals surface area contributed by atoms with Gasteiger partial charge in [-0.05, 0) is 19.4 Å². The van der Waals surface area contributed by atoms with Crippen LogP contribution < -0.4 is 21.9 Å². The summed E-state index contributed by atoms with van der Waals surface area (Å²) < 4.78 is 16.2. The zero-order chi connectivity index (χ0) is 17.2. The summed E-state index contributed by atoms with van der Waals surface area (Å²) in [5, 5.41) is 9.78. The molecule has 3 N–H and O–H groups in total. The number of aromatic nitrogens is 2. The molecule has 0 saturated carbocycles. The van der Waals surface area contributed by atoms with E-state index >= 15 is 0 Å². The van der Waals surface area contributed by atoms with Crippen molar-refractivity contribution < 1.29 is 9.60 Å². The van der Waals surface area contributed by atoms with Gasteiger partial charge < -0.3 is 15.8 Å². The Morgan fingerprint density at radius 2 is 2.17 bits per heavy atom. The summed E-state index contributed by atoms with van der Waals surface area (Å²) in [4.78, 5) is 27.0. The minimum atomic E-state index is -0.897. The van der Waals surface area contributed by atoms with Crippen molar-refractivity contribution in [2.45, 2.75) is 30.3 Å². The number of halogens is 1. The second kappa shape index (κ2) is 5.25. The molecule has 1 fully saturated rings. The third kappa shape index (κ3) is 2.01. The fraction of sp³-hybridized carbons (Fsp3) is 0.467. The average Bonchev–Trinajstić information content (AvgIpc) is 2.97. The van der Waals surface area contributed by atoms with Crippen LogP contribution in [-0.4, -0.2) is 39.4 Å². The Bertz CT molecular complexity index is 970. The van der Waals surface area contributed by atoms with Crippen molar-refractivity contribution in [3.63, 3.8) is 0 Å². The zero-order valence-electron chi connectivity index (χ0n) is 13.0. The lowest BCUT2D eigenvalue weighted by Crippen LogP contribution is -2.42. The second-order valence-corrected chi connectivity index (χ2v) is 7.39. The van der Waals surface area contributed by atoms with E-state index in [1.807, 2.05) is 11.8 Å². The first-order valence-corrected chi connectivity index (χ1v) is 8.75. The van der Waals surface area contributed by atoms with Gasteiger partial charge in [0.25, 0.3) is 5.56 Å². The molecule has 0 amide bonds. The maximum atomic E-state index is 14.8. The molecule has 128 valence electrons. The van der Waals surface area contributed by atoms with Crippen LogP contribution in [0.5, 0.6) is 0 Å². The fourth-order valence-electron chi connectivity index (χ4n) is 3.52. The van der Waals surface area contributed by atoms with Gasteiger partial charge >= 0.3 is 5.69 Å². The first-order valence-electron chi connectivity index (χ1n) is 7.76. The summed E-state index contributed by atoms with van der Waals surface area (Å²) in [7, 11) is 0. The third-order valence-electron chi connectivity index (χ3n) is 4.68. The number of hydrogen-bond acceptors (Lipinski definition) is 6. The molecule has 1 aromatic heterocycles. The van der Waals surface area contributed by atoms with E-state index < -0.39 is 17.1 Å². The Labute approximate surface area is 140 Å². The number of anilines is 1. The third-order valence-corrected chi connectivity index (χ3v) is 6.01. The number of nitrogens with two attached hydrogens (primary N) is 1. The topological polar surface area (TPSA) is 93.5 Å². The minimum Gasteiger partial charge on any atom is -0.421 e. The Morgan fingerprint density at radius 3 is 2.83 bits per heavy atom. The van der Waals surface area contributed by atoms with Crippen LogP contribution in [0.1, 0.15) is 19.4 Å². The highest BCUT2D eigenvalue weighted by Gasteiger charge is 2.32. The van der Waals surface area contributed by atoms with E-state index in [2.05, 4.69) is 0 Å². The molecule has 3 heterocycles. The van der Waals surface area contributed by atoms with Crippen LogP contribution in [0, 0.1) is 5.82 Å². The van der Waals surface area contributed by atoms with Gasteiger partial charge in [0.1, 0.15) is 5.82 Å². The maximum absolute atomic E-state index is 14.8. The van der Waals surface area contributed by atoms with Crippen LogP contribution in [0.25, 0.3) is 10.9 Å². The van der Waals surface area contributed by atoms with Crippen molar-refractivity contribution in [1.82, 2.24) is 9.30 Å². The average molecular weight is 352 g/mol. The molecular weight excluding hydrogens is 335 g/mol. The van der Waals surface area contributed by atoms with Gasteiger partial charge in [-0.3, -0.25) is 9.36 Å². The molecule has 2 unspecified atom stereocenters. The van der Waals surface area contributed by atoms with Crippen molar-refractivity contribution in [3.05, 3.63) is 32.7 Å². The molecule has 1 saturated heterocycles. The van der Waals surface area contributed by atoms with Crippen molar-refractivity contribution in [1.29, 1.82) is 0 Å². The van der Waals surface area contributed by atoms with Crippen molar-refractivity contribution in [3.8, 4) is 0 Å². The number of nitrogens with zero attached hydrogens (tertiary/aromatic N) is 3. The molecule has 1 aromatic carbocycles. The Balaban J connectivity index is 2.12. The first-order chi connectivity index (χ1) is 11.4. The van der Waals surface area contributed by atoms with Crippen molar-refractivity contribution in [2.24, 2.45) is 5.73 Å². The van der Waals surface area contributed by atoms with Gasteiger partial charge in [-0.15, -0.1) is 11.8 Å². The first kappa shape index (κ1) is 15.5. The molecule has 7 nitrogen and oxygen atoms in total. The standard InChI is InChI=1S/C15H17FN4O3S/c1-7-6-24-13-11-9(14(21)20(23)15(22)19(7)11)4-10(16)12(13)18-3-2-8(17)5-18/h4,7-8,23H,2-3,5-6,17H2,1H3. The summed E-state index contributed by atoms with van der Waals surface area (Å²) >= 11 is 1.43. The normalized spacial score (nSPS) is 23.2. The van der Waals surface area contributed by atoms with Crippen LogP contribution in [0.2, 0.25) is 0 Å². The molecular formula is C15H17FN4O3S. The minimum absolute atomic E-state index is 0.0101. The highest BCUT2D eigenvalue weighted by atomic mass is 32.2. The predicted octanol–water partition coefficient (Wildman–Crippen LogP) is 0.744. The molecule has 2 aliphatic rings. The molecule has 0 spiro atoms. The lowest BCUT2D eigenvalue weighted by molar-refractivity contribution is 0.155. The van der Waals surface area contributed by atoms with Gasteiger partial charge in [0.05, 0.1) is 21.5 Å². The van der Waals surface area contributed by atoms with Gasteiger partial charge in [0.15, 0.2) is 0 Å². The number of benzene rings is 1. The largest absolute Gasteiger partial charge is 0.421 e. The summed E-state index contributed by atoms with van der Waals surface area (Å²) in [5.74, 6) is 0.0206. The van der Waals surface area contributed by atoms with E-state index in [0.29, 0.717) is 34.9 Å². The quantitative estimate of drug-likeness (QED) is 0.736. The van der Waals surface area contributed by atoms with E-state index in [0.717, 1.165) is 12.5 Å². The second-order valence-electron chi connectivity index (χ2n) is 6.36. The van der Waals surface area contributed by atoms with Gasteiger partial charge in [-0.1, -0.05) is 4.73 Å². The van der Waals surface area contributed by atoms with Gasteiger partial charge in [-0.2, -0.15) is 0 Å². The monoisotopic (exact) mass is 352 g/mol. The van der Waals surface area contributed by atoms with Gasteiger partial charge in [0.2, 0.25) is 0 Å². The van der Waals surface area contributed by atoms with Crippen LogP contribution in [0.15, 0.2) is 20.6 Å². The summed E-state index contributed by atoms with van der Waals surface area (Å²) in [6.07, 6.45) is 0.767. The lowest BCUT2D eigenvalue weighted by atomic mass is 10.1. The van der Waals surface area contributed by atoms with E-state index in [-0.39, 0.29) is 22.2 Å². The van der Waals surface area contributed by atoms with Crippen molar-refractivity contribution in [2.75, 3.05) is 23.7 Å². The number of hydrogen-bond donors (Lipinski definition) is 2. The van der Waals surface area contributed by atoms with Crippen LogP contribution >= 0.6 is 11.8 Å². The zero-order valence-corrected chi connectivity index (χ0v) is 13.8. The Kier molecular flexibility index (Phi) is 3.40. The van der Waals surface area contributed by atoms with Crippen molar-refractivity contribution >= 4 is 28.4 Å². The predicted molar refractivity (Wildman–Crippen MR) is 89.9 cm³/mol. The Hall–Kier alpha value is -2.00. The highest BCUT2D eigenvalue weighted by Crippen LogP contribution is 2.43. The smallest absolute Gasteiger partial charge is 0.365 e. The fourth-order valence-corrected chi connectivity index (χ4v) is 4.78. The van der Waals surface area contributed by atoms with Gasteiger partial charge in [-0.25, -0.2) is 9.18 Å². The van der Waals surface area contributed by atoms with Crippen LogP contribution in [-0.2, 0) is 0 Å². The van der Waals surface area contributed by atoms with Crippen LogP contribution in [0.4, 0.5) is 10.1 Å². The molecule has 0 radical (unpaired) electrons. The maximum Gasteiger partial charge on any atom is 0.365 e. The van der Waals surface area contributed by atoms with E-state index in [1.165, 1.54) is 16.3 Å². The molecule has 9 heteroatoms. The summed E-state index contributed by atoms with van der Waals surface area (Å²) in [6.45, 7) is 3.00. The number of rotatable bonds is 1. The van der Waals surface area contributed by atoms with Crippen LogP contribution in [0.3, 0.4) is 0 Å². The van der Waals surface area contributed by atoms with E-state index in [1.54, 1.807) is 0 Å². The van der Waals surface area contributed by atoms with E-state index in [4.69, 9.17) is 5.73 Å². The molecule has 4 rings (SSSR count). The van der Waals surface area contributed by atoms with Gasteiger partial charge in [0, 0.05) is 30.9 Å². The molecule has 0 aliphatic carbocycles. The molecule has 2 aliphatic heterocycles. The Morgan fingerprint density at radius 1 is 1.42 bits per heavy atom. The highest BCUT2D eigenvalue weighted by molar-refractivity contribution is 7.99. The summed E-state index contributed by atoms with van der Waals surface area (Å²) in [6, 6.07) is 0.879. The lowest BCUT2D eigenvalue weighted by Gasteiger charge is -2.29. The molecule has 2 aromatic rings. The molecule has 0 bridgehead atoms. The van der Waals surface area contributed by atoms with E-state index in [9.17, 15) is 19.2 Å². The SMILES string of the molecule is CC1CSc2c(N3CCC(N)C3)c(F)cc3c(=O)n(O)c(=O)n1c23. The number of thioether (sulfide) groups is 1. The molecule has 2 atom stereocenters. The summed E-state index contributed by atoms with van der Waals surface area (Å²) in [5.41, 5.74) is 5.04.